The fourth-order valence-electron chi connectivity index (χ4n) is 3.81. The number of non-ortho nitro benzene ring substituents is 1. The van der Waals surface area contributed by atoms with Crippen molar-refractivity contribution in [1.82, 2.24) is 14.5 Å². The Morgan fingerprint density at radius 2 is 1.45 bits per heavy atom. The van der Waals surface area contributed by atoms with E-state index in [1.807, 2.05) is 4.98 Å². The number of aliphatic hydroxyl groups excluding tert-OH is 2. The minimum absolute atomic E-state index is 0.611. The van der Waals surface area contributed by atoms with Crippen molar-refractivity contribution in [2.24, 2.45) is 0 Å². The van der Waals surface area contributed by atoms with Gasteiger partial charge < -0.3 is 39.1 Å². The van der Waals surface area contributed by atoms with Gasteiger partial charge in [0.05, 0.1) is 17.6 Å². The standard InChI is InChI=1S/C15H19N3O20P4.C6H15N/c19-11-4-5-17(15(22)16-11)14-13(21)12(20)10(34-14)7-33-39(25,26)36-41(29,30)38-42(31,32)37-40(27,28)35-9-3-1-2-8(6-9)18(23)24;1-4-7(5-2)6-3/h1-6,10,12-14,20-21H,7H2,(H,25,26)(H,27,28)(H,29,30)(H,31,32)(H,16,19,22);4-6H2,1-3H3/t10-,12-,13-,14-;/m1./s1. The fraction of sp³-hybridized carbons (Fsp3) is 0.524. The predicted octanol–water partition coefficient (Wildman–Crippen LogP) is 0.959. The molecule has 28 heteroatoms. The number of aromatic nitrogens is 2. The molecule has 0 spiro atoms. The number of aromatic amines is 1. The minimum atomic E-state index is -6.17. The second-order valence-corrected chi connectivity index (χ2v) is 15.6. The van der Waals surface area contributed by atoms with Crippen molar-refractivity contribution in [2.45, 2.75) is 45.3 Å². The molecule has 278 valence electrons. The number of nitrogens with one attached hydrogen (secondary N) is 1. The van der Waals surface area contributed by atoms with Crippen LogP contribution in [0.2, 0.25) is 0 Å². The Kier molecular flexibility index (Phi) is 15.4. The van der Waals surface area contributed by atoms with Crippen LogP contribution in [0.1, 0.15) is 27.0 Å². The molecule has 3 rings (SSSR count). The monoisotopic (exact) mass is 786 g/mol. The van der Waals surface area contributed by atoms with Gasteiger partial charge in [-0.05, 0) is 25.7 Å². The van der Waals surface area contributed by atoms with Crippen LogP contribution >= 0.6 is 31.3 Å². The first-order valence-corrected chi connectivity index (χ1v) is 19.6. The number of phosphoric acid groups is 4. The van der Waals surface area contributed by atoms with Crippen LogP contribution in [0.4, 0.5) is 5.69 Å². The van der Waals surface area contributed by atoms with Gasteiger partial charge in [0.15, 0.2) is 6.23 Å². The van der Waals surface area contributed by atoms with Gasteiger partial charge in [0.2, 0.25) is 0 Å². The highest BCUT2D eigenvalue weighted by Crippen LogP contribution is 2.71. The average Bonchev–Trinajstić information content (AvgIpc) is 3.24. The quantitative estimate of drug-likeness (QED) is 0.0707. The smallest absolute Gasteiger partial charge is 0.404 e. The van der Waals surface area contributed by atoms with Crippen LogP contribution in [0.5, 0.6) is 5.75 Å². The third-order valence-corrected chi connectivity index (χ3v) is 11.9. The highest BCUT2D eigenvalue weighted by molar-refractivity contribution is 7.69. The molecule has 24 nitrogen and oxygen atoms in total. The van der Waals surface area contributed by atoms with E-state index in [-0.39, 0.29) is 0 Å². The Balaban J connectivity index is 0.00000107. The van der Waals surface area contributed by atoms with Gasteiger partial charge in [0, 0.05) is 18.3 Å². The Bertz CT molecular complexity index is 1740. The molecule has 7 N–H and O–H groups in total. The van der Waals surface area contributed by atoms with E-state index in [2.05, 4.69) is 47.7 Å². The first kappa shape index (κ1) is 42.7. The SMILES string of the molecule is CCN(CC)CC.O=c1ccn([C@@H]2O[C@H](COP(=O)(O)OP(=O)(O)OP(=O)(O)OP(=O)(O)Oc3cccc([N+](=O)[O-])c3)[C@@H](O)[C@H]2O)c(=O)[nH]1. The lowest BCUT2D eigenvalue weighted by Crippen LogP contribution is -2.37. The maximum Gasteiger partial charge on any atom is 0.536 e. The van der Waals surface area contributed by atoms with E-state index >= 15 is 0 Å². The molecule has 1 aliphatic heterocycles. The van der Waals surface area contributed by atoms with Gasteiger partial charge in [-0.3, -0.25) is 33.9 Å². The van der Waals surface area contributed by atoms with Crippen LogP contribution in [-0.4, -0.2) is 93.7 Å². The molecule has 2 heterocycles. The van der Waals surface area contributed by atoms with Gasteiger partial charge in [0.1, 0.15) is 24.1 Å². The van der Waals surface area contributed by atoms with Gasteiger partial charge in [-0.25, -0.2) is 23.1 Å². The first-order chi connectivity index (χ1) is 22.5. The molecule has 49 heavy (non-hydrogen) atoms. The second-order valence-electron chi connectivity index (χ2n) is 9.44. The van der Waals surface area contributed by atoms with E-state index in [1.54, 1.807) is 0 Å². The molecule has 1 saturated heterocycles. The van der Waals surface area contributed by atoms with Crippen molar-refractivity contribution in [3.8, 4) is 5.75 Å². The van der Waals surface area contributed by atoms with E-state index in [1.165, 1.54) is 19.6 Å². The van der Waals surface area contributed by atoms with Crippen molar-refractivity contribution in [3.63, 3.8) is 0 Å². The molecule has 0 saturated carbocycles. The van der Waals surface area contributed by atoms with E-state index in [0.29, 0.717) is 10.6 Å². The summed E-state index contributed by atoms with van der Waals surface area (Å²) in [6.45, 7) is 8.94. The summed E-state index contributed by atoms with van der Waals surface area (Å²) in [6.07, 6.45) is -6.20. The number of nitro benzene ring substituents is 1. The molecule has 0 radical (unpaired) electrons. The van der Waals surface area contributed by atoms with Crippen LogP contribution in [0, 0.1) is 10.1 Å². The van der Waals surface area contributed by atoms with Crippen molar-refractivity contribution in [2.75, 3.05) is 26.2 Å². The van der Waals surface area contributed by atoms with E-state index in [9.17, 15) is 67.8 Å². The Morgan fingerprint density at radius 3 is 1.96 bits per heavy atom. The number of phosphoric ester groups is 2. The third kappa shape index (κ3) is 13.6. The number of nitro groups is 1. The summed E-state index contributed by atoms with van der Waals surface area (Å²) in [6, 6.07) is 4.34. The largest absolute Gasteiger partial charge is 0.536 e. The summed E-state index contributed by atoms with van der Waals surface area (Å²) in [5, 5.41) is 31.0. The Labute approximate surface area is 276 Å². The minimum Gasteiger partial charge on any atom is -0.404 e. The number of H-pyrrole nitrogens is 1. The molecule has 4 unspecified atom stereocenters. The molecule has 1 aromatic carbocycles. The van der Waals surface area contributed by atoms with Crippen LogP contribution in [0.25, 0.3) is 0 Å². The molecular formula is C21H34N4O20P4. The maximum absolute atomic E-state index is 12.1. The molecule has 1 aromatic heterocycles. The molecule has 1 aliphatic rings. The van der Waals surface area contributed by atoms with E-state index in [0.717, 1.165) is 30.5 Å². The van der Waals surface area contributed by atoms with Gasteiger partial charge in [-0.15, -0.1) is 0 Å². The maximum atomic E-state index is 12.1. The van der Waals surface area contributed by atoms with Crippen LogP contribution < -0.4 is 15.8 Å². The predicted molar refractivity (Wildman–Crippen MR) is 163 cm³/mol. The topological polar surface area (TPSA) is 346 Å². The number of rotatable bonds is 16. The number of aliphatic hydroxyl groups is 2. The summed E-state index contributed by atoms with van der Waals surface area (Å²) < 4.78 is 73.9. The van der Waals surface area contributed by atoms with Gasteiger partial charge in [-0.1, -0.05) is 26.8 Å². The number of nitrogens with zero attached hydrogens (tertiary/aromatic N) is 3. The molecule has 0 bridgehead atoms. The lowest BCUT2D eigenvalue weighted by Gasteiger charge is -2.20. The van der Waals surface area contributed by atoms with Gasteiger partial charge in [-0.2, -0.15) is 12.9 Å². The number of benzene rings is 1. The molecule has 1 fully saturated rings. The third-order valence-electron chi connectivity index (χ3n) is 6.07. The van der Waals surface area contributed by atoms with Gasteiger partial charge in [0.25, 0.3) is 11.2 Å². The zero-order valence-corrected chi connectivity index (χ0v) is 29.2. The summed E-state index contributed by atoms with van der Waals surface area (Å²) in [4.78, 5) is 75.7. The van der Waals surface area contributed by atoms with Crippen molar-refractivity contribution >= 4 is 37.0 Å². The van der Waals surface area contributed by atoms with Crippen molar-refractivity contribution in [1.29, 1.82) is 0 Å². The van der Waals surface area contributed by atoms with Gasteiger partial charge >= 0.3 is 37.0 Å². The first-order valence-electron chi connectivity index (χ1n) is 13.6. The van der Waals surface area contributed by atoms with Crippen molar-refractivity contribution in [3.05, 3.63) is 67.5 Å². The molecule has 2 aromatic rings. The Morgan fingerprint density at radius 1 is 0.898 bits per heavy atom. The number of ether oxygens (including phenoxy) is 1. The molecule has 8 atom stereocenters. The fourth-order valence-corrected chi connectivity index (χ4v) is 8.75. The zero-order valence-electron chi connectivity index (χ0n) is 25.6. The highest BCUT2D eigenvalue weighted by Gasteiger charge is 2.48. The lowest BCUT2D eigenvalue weighted by molar-refractivity contribution is -0.384. The van der Waals surface area contributed by atoms with E-state index in [4.69, 9.17) is 4.74 Å². The molecule has 0 amide bonds. The Hall–Kier alpha value is -2.46. The van der Waals surface area contributed by atoms with E-state index < -0.39 is 90.0 Å². The summed E-state index contributed by atoms with van der Waals surface area (Å²) in [7, 11) is -23.8. The van der Waals surface area contributed by atoms with Crippen molar-refractivity contribution < 1.29 is 79.7 Å². The summed E-state index contributed by atoms with van der Waals surface area (Å²) in [5.74, 6) is -0.721. The number of hydrogen-bond acceptors (Lipinski definition) is 17. The average molecular weight is 786 g/mol. The normalized spacial score (nSPS) is 24.0. The lowest BCUT2D eigenvalue weighted by atomic mass is 10.1. The second kappa shape index (κ2) is 17.7. The molecule has 0 aliphatic carbocycles. The van der Waals surface area contributed by atoms with Crippen LogP contribution in [-0.2, 0) is 40.5 Å². The van der Waals surface area contributed by atoms with Crippen LogP contribution in [0.15, 0.2) is 46.1 Å². The zero-order chi connectivity index (χ0) is 37.4. The van der Waals surface area contributed by atoms with Crippen LogP contribution in [0.3, 0.4) is 0 Å². The number of hydrogen-bond donors (Lipinski definition) is 7. The summed E-state index contributed by atoms with van der Waals surface area (Å²) in [5.41, 5.74) is -2.49. The molecular weight excluding hydrogens is 752 g/mol. The highest BCUT2D eigenvalue weighted by atomic mass is 31.3. The summed E-state index contributed by atoms with van der Waals surface area (Å²) >= 11 is 0.